The van der Waals surface area contributed by atoms with E-state index in [0.717, 1.165) is 0 Å². The molecule has 0 saturated carbocycles. The molecule has 2 heterocycles. The molecule has 0 aliphatic carbocycles. The van der Waals surface area contributed by atoms with Crippen molar-refractivity contribution in [2.75, 3.05) is 11.9 Å². The third kappa shape index (κ3) is 3.73. The van der Waals surface area contributed by atoms with Crippen LogP contribution in [0, 0.1) is 5.82 Å². The van der Waals surface area contributed by atoms with E-state index in [0.29, 0.717) is 22.3 Å². The predicted octanol–water partition coefficient (Wildman–Crippen LogP) is 3.92. The highest BCUT2D eigenvalue weighted by Gasteiger charge is 2.13. The quantitative estimate of drug-likeness (QED) is 0.504. The van der Waals surface area contributed by atoms with Crippen LogP contribution < -0.4 is 5.32 Å². The number of carbonyl (C=O) groups excluding carboxylic acids is 2. The molecule has 7 nitrogen and oxygen atoms in total. The highest BCUT2D eigenvalue weighted by Crippen LogP contribution is 2.20. The van der Waals surface area contributed by atoms with E-state index >= 15 is 0 Å². The number of carbonyl (C=O) groups is 2. The first-order valence-corrected chi connectivity index (χ1v) is 8.97. The van der Waals surface area contributed by atoms with E-state index in [1.165, 1.54) is 12.1 Å². The molecular weight excluding hydrogens is 375 g/mol. The number of nitrogens with one attached hydrogen (secondary N) is 2. The molecule has 0 spiro atoms. The van der Waals surface area contributed by atoms with Gasteiger partial charge in [-0.15, -0.1) is 0 Å². The summed E-state index contributed by atoms with van der Waals surface area (Å²) in [4.78, 5) is 27.1. The molecule has 0 fully saturated rings. The Morgan fingerprint density at radius 3 is 2.69 bits per heavy atom. The number of nitrogens with zero attached hydrogens (tertiary/aromatic N) is 2. The van der Waals surface area contributed by atoms with E-state index in [1.807, 2.05) is 0 Å². The SMILES string of the molecule is CCOC(=O)c1ccn(-c2ccc(NC(=O)c3cc4c(F)cccc4[nH]3)cc2)n1. The van der Waals surface area contributed by atoms with Crippen molar-refractivity contribution in [1.82, 2.24) is 14.8 Å². The fraction of sp³-hybridized carbons (Fsp3) is 0.0952. The van der Waals surface area contributed by atoms with Crippen LogP contribution in [-0.4, -0.2) is 33.2 Å². The normalized spacial score (nSPS) is 10.8. The van der Waals surface area contributed by atoms with Gasteiger partial charge >= 0.3 is 5.97 Å². The molecular formula is C21H17FN4O3. The molecule has 2 aromatic carbocycles. The van der Waals surface area contributed by atoms with Gasteiger partial charge in [0, 0.05) is 22.8 Å². The Kier molecular flexibility index (Phi) is 4.82. The molecule has 29 heavy (non-hydrogen) atoms. The number of anilines is 1. The van der Waals surface area contributed by atoms with Gasteiger partial charge in [-0.25, -0.2) is 13.9 Å². The van der Waals surface area contributed by atoms with Gasteiger partial charge in [-0.05, 0) is 55.5 Å². The molecule has 0 radical (unpaired) electrons. The summed E-state index contributed by atoms with van der Waals surface area (Å²) < 4.78 is 20.3. The van der Waals surface area contributed by atoms with E-state index in [4.69, 9.17) is 4.74 Å². The lowest BCUT2D eigenvalue weighted by atomic mass is 10.2. The molecule has 0 unspecified atom stereocenters. The molecule has 2 aromatic heterocycles. The first-order valence-electron chi connectivity index (χ1n) is 8.97. The van der Waals surface area contributed by atoms with Crippen LogP contribution in [0.3, 0.4) is 0 Å². The van der Waals surface area contributed by atoms with Crippen LogP contribution in [0.2, 0.25) is 0 Å². The maximum atomic E-state index is 13.8. The zero-order valence-corrected chi connectivity index (χ0v) is 15.5. The average Bonchev–Trinajstić information content (AvgIpc) is 3.37. The lowest BCUT2D eigenvalue weighted by Crippen LogP contribution is -2.12. The number of H-pyrrole nitrogens is 1. The minimum Gasteiger partial charge on any atom is -0.461 e. The van der Waals surface area contributed by atoms with Crippen molar-refractivity contribution >= 4 is 28.5 Å². The monoisotopic (exact) mass is 392 g/mol. The van der Waals surface area contributed by atoms with Gasteiger partial charge in [0.05, 0.1) is 12.3 Å². The molecule has 0 atom stereocenters. The van der Waals surface area contributed by atoms with Crippen molar-refractivity contribution in [2.24, 2.45) is 0 Å². The number of benzene rings is 2. The summed E-state index contributed by atoms with van der Waals surface area (Å²) in [7, 11) is 0. The van der Waals surface area contributed by atoms with Gasteiger partial charge in [0.1, 0.15) is 11.5 Å². The summed E-state index contributed by atoms with van der Waals surface area (Å²) in [6, 6.07) is 14.6. The van der Waals surface area contributed by atoms with Crippen molar-refractivity contribution in [3.63, 3.8) is 0 Å². The zero-order chi connectivity index (χ0) is 20.4. The highest BCUT2D eigenvalue weighted by atomic mass is 19.1. The molecule has 0 aliphatic heterocycles. The van der Waals surface area contributed by atoms with Crippen molar-refractivity contribution in [3.8, 4) is 5.69 Å². The third-order valence-corrected chi connectivity index (χ3v) is 4.32. The number of amides is 1. The van der Waals surface area contributed by atoms with Crippen LogP contribution in [0.4, 0.5) is 10.1 Å². The third-order valence-electron chi connectivity index (χ3n) is 4.32. The Morgan fingerprint density at radius 1 is 1.17 bits per heavy atom. The topological polar surface area (TPSA) is 89.0 Å². The molecule has 4 aromatic rings. The maximum Gasteiger partial charge on any atom is 0.358 e. The van der Waals surface area contributed by atoms with Gasteiger partial charge < -0.3 is 15.0 Å². The van der Waals surface area contributed by atoms with Crippen LogP contribution in [0.25, 0.3) is 16.6 Å². The van der Waals surface area contributed by atoms with E-state index in [1.54, 1.807) is 60.3 Å². The predicted molar refractivity (Wildman–Crippen MR) is 106 cm³/mol. The summed E-state index contributed by atoms with van der Waals surface area (Å²) in [6.45, 7) is 2.01. The van der Waals surface area contributed by atoms with E-state index < -0.39 is 5.97 Å². The van der Waals surface area contributed by atoms with Crippen molar-refractivity contribution in [1.29, 1.82) is 0 Å². The van der Waals surface area contributed by atoms with Crippen molar-refractivity contribution < 1.29 is 18.7 Å². The van der Waals surface area contributed by atoms with E-state index in [-0.39, 0.29) is 29.7 Å². The molecule has 1 amide bonds. The summed E-state index contributed by atoms with van der Waals surface area (Å²) in [5.74, 6) is -1.24. The fourth-order valence-electron chi connectivity index (χ4n) is 2.92. The molecule has 0 aliphatic rings. The molecule has 146 valence electrons. The lowest BCUT2D eigenvalue weighted by Gasteiger charge is -2.06. The maximum absolute atomic E-state index is 13.8. The van der Waals surface area contributed by atoms with Gasteiger partial charge in [-0.2, -0.15) is 5.10 Å². The second kappa shape index (κ2) is 7.59. The molecule has 0 saturated heterocycles. The van der Waals surface area contributed by atoms with Crippen LogP contribution in [0.15, 0.2) is 60.8 Å². The van der Waals surface area contributed by atoms with E-state index in [9.17, 15) is 14.0 Å². The minimum absolute atomic E-state index is 0.218. The second-order valence-electron chi connectivity index (χ2n) is 6.25. The first-order chi connectivity index (χ1) is 14.0. The Labute approximate surface area is 165 Å². The van der Waals surface area contributed by atoms with E-state index in [2.05, 4.69) is 15.4 Å². The Morgan fingerprint density at radius 2 is 1.97 bits per heavy atom. The van der Waals surface area contributed by atoms with Gasteiger partial charge in [-0.3, -0.25) is 4.79 Å². The van der Waals surface area contributed by atoms with Crippen LogP contribution in [0.5, 0.6) is 0 Å². The number of rotatable bonds is 5. The number of aromatic amines is 1. The minimum atomic E-state index is -0.482. The molecule has 4 rings (SSSR count). The number of fused-ring (bicyclic) bond motifs is 1. The molecule has 2 N–H and O–H groups in total. The Bertz CT molecular complexity index is 1190. The second-order valence-corrected chi connectivity index (χ2v) is 6.25. The Balaban J connectivity index is 1.48. The van der Waals surface area contributed by atoms with Crippen LogP contribution >= 0.6 is 0 Å². The van der Waals surface area contributed by atoms with Gasteiger partial charge in [-0.1, -0.05) is 6.07 Å². The van der Waals surface area contributed by atoms with Gasteiger partial charge in [0.15, 0.2) is 5.69 Å². The van der Waals surface area contributed by atoms with Crippen LogP contribution in [-0.2, 0) is 4.74 Å². The molecule has 8 heteroatoms. The van der Waals surface area contributed by atoms with Gasteiger partial charge in [0.25, 0.3) is 5.91 Å². The van der Waals surface area contributed by atoms with Gasteiger partial charge in [0.2, 0.25) is 0 Å². The summed E-state index contributed by atoms with van der Waals surface area (Å²) in [6.07, 6.45) is 1.65. The van der Waals surface area contributed by atoms with Crippen molar-refractivity contribution in [2.45, 2.75) is 6.92 Å². The standard InChI is InChI=1S/C21H17FN4O3/c1-2-29-21(28)18-10-11-26(25-18)14-8-6-13(7-9-14)23-20(27)19-12-15-16(22)4-3-5-17(15)24-19/h3-12,24H,2H2,1H3,(H,23,27). The Hall–Kier alpha value is -3.94. The fourth-order valence-corrected chi connectivity index (χ4v) is 2.92. The largest absolute Gasteiger partial charge is 0.461 e. The van der Waals surface area contributed by atoms with Crippen molar-refractivity contribution in [3.05, 3.63) is 78.0 Å². The summed E-state index contributed by atoms with van der Waals surface area (Å²) in [5.41, 5.74) is 2.32. The number of hydrogen-bond donors (Lipinski definition) is 2. The number of halogens is 1. The molecule has 0 bridgehead atoms. The lowest BCUT2D eigenvalue weighted by molar-refractivity contribution is 0.0519. The first kappa shape index (κ1) is 18.4. The number of ether oxygens (including phenoxy) is 1. The number of esters is 1. The van der Waals surface area contributed by atoms with Crippen LogP contribution in [0.1, 0.15) is 27.9 Å². The average molecular weight is 392 g/mol. The summed E-state index contributed by atoms with van der Waals surface area (Å²) in [5, 5.41) is 7.31. The summed E-state index contributed by atoms with van der Waals surface area (Å²) >= 11 is 0. The number of hydrogen-bond acceptors (Lipinski definition) is 4. The number of aromatic nitrogens is 3. The zero-order valence-electron chi connectivity index (χ0n) is 15.5. The smallest absolute Gasteiger partial charge is 0.358 e. The highest BCUT2D eigenvalue weighted by molar-refractivity contribution is 6.06.